The zero-order valence-corrected chi connectivity index (χ0v) is 19.9. The van der Waals surface area contributed by atoms with Gasteiger partial charge >= 0.3 is 0 Å². The summed E-state index contributed by atoms with van der Waals surface area (Å²) in [7, 11) is 1.75. The Balaban J connectivity index is 1.55. The van der Waals surface area contributed by atoms with Crippen molar-refractivity contribution in [2.24, 2.45) is 0 Å². The number of rotatable bonds is 4. The highest BCUT2D eigenvalue weighted by Gasteiger charge is 2.33. The van der Waals surface area contributed by atoms with Crippen molar-refractivity contribution in [1.29, 1.82) is 0 Å². The van der Waals surface area contributed by atoms with E-state index < -0.39 is 0 Å². The van der Waals surface area contributed by atoms with E-state index in [2.05, 4.69) is 94.5 Å². The molecule has 2 unspecified atom stereocenters. The quantitative estimate of drug-likeness (QED) is 0.379. The van der Waals surface area contributed by atoms with Crippen molar-refractivity contribution in [3.8, 4) is 5.75 Å². The van der Waals surface area contributed by atoms with Gasteiger partial charge in [0.15, 0.2) is 0 Å². The standard InChI is InChI=1S/C28H30BrNO/c1-19-27-16-15-26(31-2)17-23(27)18-28(22-7-11-24(29)12-8-22)30(19)25-13-9-21(10-14-25)20-5-3-4-6-20/h7-17,19-20,28H,3-6,18H2,1-2H3. The number of methoxy groups -OCH3 is 1. The highest BCUT2D eigenvalue weighted by Crippen LogP contribution is 2.45. The molecular weight excluding hydrogens is 446 g/mol. The molecule has 0 saturated heterocycles. The van der Waals surface area contributed by atoms with E-state index in [9.17, 15) is 0 Å². The monoisotopic (exact) mass is 475 g/mol. The zero-order chi connectivity index (χ0) is 21.4. The largest absolute Gasteiger partial charge is 0.497 e. The number of ether oxygens (including phenoxy) is 1. The summed E-state index contributed by atoms with van der Waals surface area (Å²) in [6.45, 7) is 2.33. The highest BCUT2D eigenvalue weighted by molar-refractivity contribution is 9.10. The van der Waals surface area contributed by atoms with E-state index in [0.717, 1.165) is 22.6 Å². The molecule has 3 heteroatoms. The Morgan fingerprint density at radius 3 is 2.23 bits per heavy atom. The van der Waals surface area contributed by atoms with Gasteiger partial charge in [0.25, 0.3) is 0 Å². The second-order valence-electron chi connectivity index (χ2n) is 8.99. The van der Waals surface area contributed by atoms with Crippen LogP contribution in [0.15, 0.2) is 71.2 Å². The molecule has 0 N–H and O–H groups in total. The summed E-state index contributed by atoms with van der Waals surface area (Å²) in [6, 6.07) is 25.4. The SMILES string of the molecule is COc1ccc2c(c1)CC(c1ccc(Br)cc1)N(c1ccc(C3CCCC3)cc1)C2C. The first-order chi connectivity index (χ1) is 15.1. The van der Waals surface area contributed by atoms with Gasteiger partial charge in [-0.25, -0.2) is 0 Å². The van der Waals surface area contributed by atoms with Gasteiger partial charge in [0.2, 0.25) is 0 Å². The molecule has 1 fully saturated rings. The average molecular weight is 476 g/mol. The van der Waals surface area contributed by atoms with Gasteiger partial charge in [-0.15, -0.1) is 0 Å². The third-order valence-corrected chi connectivity index (χ3v) is 7.77. The molecule has 5 rings (SSSR count). The fourth-order valence-electron chi connectivity index (χ4n) is 5.56. The van der Waals surface area contributed by atoms with Crippen molar-refractivity contribution < 1.29 is 4.74 Å². The lowest BCUT2D eigenvalue weighted by molar-refractivity contribution is 0.412. The summed E-state index contributed by atoms with van der Waals surface area (Å²) in [5.41, 5.74) is 6.95. The molecule has 3 aromatic rings. The molecular formula is C28H30BrNO. The molecule has 31 heavy (non-hydrogen) atoms. The van der Waals surface area contributed by atoms with Crippen molar-refractivity contribution in [2.75, 3.05) is 12.0 Å². The maximum absolute atomic E-state index is 5.53. The first-order valence-corrected chi connectivity index (χ1v) is 12.2. The highest BCUT2D eigenvalue weighted by atomic mass is 79.9. The van der Waals surface area contributed by atoms with E-state index in [1.807, 2.05) is 0 Å². The van der Waals surface area contributed by atoms with Gasteiger partial charge in [-0.1, -0.05) is 59.1 Å². The minimum atomic E-state index is 0.292. The van der Waals surface area contributed by atoms with Crippen LogP contribution >= 0.6 is 15.9 Å². The molecule has 1 heterocycles. The summed E-state index contributed by atoms with van der Waals surface area (Å²) in [5.74, 6) is 1.69. The Labute approximate surface area is 194 Å². The van der Waals surface area contributed by atoms with Crippen LogP contribution in [0.2, 0.25) is 0 Å². The molecule has 0 spiro atoms. The molecule has 0 amide bonds. The van der Waals surface area contributed by atoms with Crippen molar-refractivity contribution in [2.45, 2.75) is 57.0 Å². The number of anilines is 1. The van der Waals surface area contributed by atoms with Crippen molar-refractivity contribution in [3.63, 3.8) is 0 Å². The Morgan fingerprint density at radius 1 is 0.871 bits per heavy atom. The first kappa shape index (κ1) is 20.6. The Hall–Kier alpha value is -2.26. The van der Waals surface area contributed by atoms with Crippen molar-refractivity contribution in [3.05, 3.63) is 93.5 Å². The fourth-order valence-corrected chi connectivity index (χ4v) is 5.83. The number of nitrogens with zero attached hydrogens (tertiary/aromatic N) is 1. The van der Waals surface area contributed by atoms with Gasteiger partial charge in [-0.3, -0.25) is 0 Å². The number of fused-ring (bicyclic) bond motifs is 1. The minimum Gasteiger partial charge on any atom is -0.497 e. The van der Waals surface area contributed by atoms with Crippen LogP contribution in [-0.4, -0.2) is 7.11 Å². The summed E-state index contributed by atoms with van der Waals surface area (Å²) in [6.07, 6.45) is 6.41. The van der Waals surface area contributed by atoms with E-state index in [-0.39, 0.29) is 0 Å². The summed E-state index contributed by atoms with van der Waals surface area (Å²) in [4.78, 5) is 2.61. The van der Waals surface area contributed by atoms with E-state index in [1.54, 1.807) is 7.11 Å². The molecule has 0 aromatic heterocycles. The molecule has 1 aliphatic heterocycles. The summed E-state index contributed by atoms with van der Waals surface area (Å²) < 4.78 is 6.65. The maximum atomic E-state index is 5.53. The number of halogens is 1. The molecule has 1 aliphatic carbocycles. The lowest BCUT2D eigenvalue weighted by Gasteiger charge is -2.44. The minimum absolute atomic E-state index is 0.292. The summed E-state index contributed by atoms with van der Waals surface area (Å²) >= 11 is 3.60. The van der Waals surface area contributed by atoms with Gasteiger partial charge < -0.3 is 9.64 Å². The average Bonchev–Trinajstić information content (AvgIpc) is 3.34. The van der Waals surface area contributed by atoms with Crippen LogP contribution in [0.4, 0.5) is 5.69 Å². The number of hydrogen-bond acceptors (Lipinski definition) is 2. The lowest BCUT2D eigenvalue weighted by atomic mass is 9.85. The smallest absolute Gasteiger partial charge is 0.119 e. The van der Waals surface area contributed by atoms with Crippen LogP contribution in [0, 0.1) is 0 Å². The molecule has 2 aliphatic rings. The van der Waals surface area contributed by atoms with Gasteiger partial charge in [-0.05, 0) is 90.8 Å². The van der Waals surface area contributed by atoms with E-state index >= 15 is 0 Å². The van der Waals surface area contributed by atoms with Gasteiger partial charge in [0.1, 0.15) is 5.75 Å². The second kappa shape index (κ2) is 8.70. The van der Waals surface area contributed by atoms with Gasteiger partial charge in [0, 0.05) is 10.2 Å². The van der Waals surface area contributed by atoms with Crippen LogP contribution in [0.1, 0.15) is 72.9 Å². The zero-order valence-electron chi connectivity index (χ0n) is 18.4. The van der Waals surface area contributed by atoms with Gasteiger partial charge in [-0.2, -0.15) is 0 Å². The third kappa shape index (κ3) is 4.01. The first-order valence-electron chi connectivity index (χ1n) is 11.4. The normalized spacial score (nSPS) is 21.2. The van der Waals surface area contributed by atoms with Crippen LogP contribution in [0.25, 0.3) is 0 Å². The van der Waals surface area contributed by atoms with Crippen molar-refractivity contribution in [1.82, 2.24) is 0 Å². The molecule has 0 bridgehead atoms. The Bertz CT molecular complexity index is 1040. The summed E-state index contributed by atoms with van der Waals surface area (Å²) in [5, 5.41) is 0. The molecule has 2 nitrogen and oxygen atoms in total. The van der Waals surface area contributed by atoms with Crippen LogP contribution in [-0.2, 0) is 6.42 Å². The van der Waals surface area contributed by atoms with Crippen molar-refractivity contribution >= 4 is 21.6 Å². The van der Waals surface area contributed by atoms with Crippen LogP contribution in [0.3, 0.4) is 0 Å². The maximum Gasteiger partial charge on any atom is 0.119 e. The molecule has 160 valence electrons. The van der Waals surface area contributed by atoms with Crippen LogP contribution < -0.4 is 9.64 Å². The molecule has 2 atom stereocenters. The fraction of sp³-hybridized carbons (Fsp3) is 0.357. The predicted molar refractivity (Wildman–Crippen MR) is 132 cm³/mol. The second-order valence-corrected chi connectivity index (χ2v) is 9.91. The van der Waals surface area contributed by atoms with E-state index in [1.165, 1.54) is 53.6 Å². The van der Waals surface area contributed by atoms with E-state index in [0.29, 0.717) is 12.1 Å². The van der Waals surface area contributed by atoms with Crippen LogP contribution in [0.5, 0.6) is 5.75 Å². The van der Waals surface area contributed by atoms with E-state index in [4.69, 9.17) is 4.74 Å². The topological polar surface area (TPSA) is 12.5 Å². The predicted octanol–water partition coefficient (Wildman–Crippen LogP) is 7.98. The lowest BCUT2D eigenvalue weighted by Crippen LogP contribution is -2.37. The number of hydrogen-bond donors (Lipinski definition) is 0. The third-order valence-electron chi connectivity index (χ3n) is 7.24. The molecule has 1 saturated carbocycles. The Morgan fingerprint density at radius 2 is 1.55 bits per heavy atom. The van der Waals surface area contributed by atoms with Gasteiger partial charge in [0.05, 0.1) is 19.2 Å². The number of benzene rings is 3. The molecule has 0 radical (unpaired) electrons. The molecule has 3 aromatic carbocycles. The Kier molecular flexibility index (Phi) is 5.79.